The molecule has 1 saturated heterocycles. The van der Waals surface area contributed by atoms with Gasteiger partial charge in [-0.15, -0.1) is 0 Å². The summed E-state index contributed by atoms with van der Waals surface area (Å²) in [6.07, 6.45) is 2.72. The predicted molar refractivity (Wildman–Crippen MR) is 97.6 cm³/mol. The topological polar surface area (TPSA) is 69.0 Å². The van der Waals surface area contributed by atoms with Gasteiger partial charge in [0.1, 0.15) is 16.1 Å². The van der Waals surface area contributed by atoms with Crippen LogP contribution in [-0.4, -0.2) is 30.8 Å². The molecule has 1 amide bonds. The number of imidazole rings is 1. The third-order valence-corrected chi connectivity index (χ3v) is 5.01. The molecular weight excluding hydrogens is 348 g/mol. The van der Waals surface area contributed by atoms with E-state index in [2.05, 4.69) is 22.2 Å². The van der Waals surface area contributed by atoms with E-state index in [1.54, 1.807) is 6.07 Å². The van der Waals surface area contributed by atoms with Crippen LogP contribution in [0.3, 0.4) is 0 Å². The molecule has 1 fully saturated rings. The second kappa shape index (κ2) is 6.90. The zero-order chi connectivity index (χ0) is 17.3. The van der Waals surface area contributed by atoms with Crippen molar-refractivity contribution in [2.45, 2.75) is 57.6 Å². The molecule has 0 saturated carbocycles. The van der Waals surface area contributed by atoms with Gasteiger partial charge < -0.3 is 4.74 Å². The van der Waals surface area contributed by atoms with Crippen LogP contribution in [0, 0.1) is 0 Å². The molecule has 1 unspecified atom stereocenters. The Morgan fingerprint density at radius 2 is 2.29 bits per heavy atom. The van der Waals surface area contributed by atoms with Crippen molar-refractivity contribution in [2.24, 2.45) is 0 Å². The molecule has 0 radical (unpaired) electrons. The molecule has 0 aromatic carbocycles. The summed E-state index contributed by atoms with van der Waals surface area (Å²) >= 11 is 7.16. The Kier molecular flexibility index (Phi) is 5.03. The maximum absolute atomic E-state index is 12.4. The van der Waals surface area contributed by atoms with Crippen LogP contribution in [0.4, 0.5) is 10.7 Å². The van der Waals surface area contributed by atoms with E-state index in [4.69, 9.17) is 16.3 Å². The summed E-state index contributed by atoms with van der Waals surface area (Å²) in [7, 11) is 0. The van der Waals surface area contributed by atoms with Crippen LogP contribution in [-0.2, 0) is 11.3 Å². The number of carbonyl (C=O) groups is 1. The van der Waals surface area contributed by atoms with Crippen LogP contribution in [0.2, 0.25) is 5.15 Å². The first-order valence-electron chi connectivity index (χ1n) is 8.06. The molecule has 1 aliphatic rings. The van der Waals surface area contributed by atoms with Crippen molar-refractivity contribution >= 4 is 45.7 Å². The summed E-state index contributed by atoms with van der Waals surface area (Å²) < 4.78 is 7.74. The number of rotatable bonds is 4. The number of fused-ring (bicyclic) bond motifs is 1. The quantitative estimate of drug-likeness (QED) is 0.794. The average molecular weight is 369 g/mol. The van der Waals surface area contributed by atoms with Gasteiger partial charge in [0.05, 0.1) is 5.60 Å². The highest BCUT2D eigenvalue weighted by atomic mass is 35.5. The lowest BCUT2D eigenvalue weighted by Gasteiger charge is -2.18. The fourth-order valence-corrected chi connectivity index (χ4v) is 3.85. The molecule has 0 spiro atoms. The lowest BCUT2D eigenvalue weighted by atomic mass is 10.1. The first-order chi connectivity index (χ1) is 11.4. The molecule has 6 nitrogen and oxygen atoms in total. The maximum atomic E-state index is 12.4. The zero-order valence-electron chi connectivity index (χ0n) is 14.0. The first-order valence-corrected chi connectivity index (χ1v) is 9.32. The summed E-state index contributed by atoms with van der Waals surface area (Å²) in [5, 5.41) is 3.11. The fourth-order valence-electron chi connectivity index (χ4n) is 2.77. The minimum absolute atomic E-state index is 0.114. The van der Waals surface area contributed by atoms with Crippen molar-refractivity contribution in [2.75, 3.05) is 5.32 Å². The Morgan fingerprint density at radius 1 is 1.50 bits per heavy atom. The Morgan fingerprint density at radius 3 is 2.96 bits per heavy atom. The number of hydrogen-bond donors (Lipinski definition) is 1. The van der Waals surface area contributed by atoms with Crippen molar-refractivity contribution in [3.63, 3.8) is 0 Å². The summed E-state index contributed by atoms with van der Waals surface area (Å²) in [5.41, 5.74) is 1.12. The third-order valence-electron chi connectivity index (χ3n) is 3.89. The normalized spacial score (nSPS) is 19.8. The summed E-state index contributed by atoms with van der Waals surface area (Å²) in [5.74, 6) is 0.497. The summed E-state index contributed by atoms with van der Waals surface area (Å²) in [6.45, 7) is 6.85. The molecule has 8 heteroatoms. The first kappa shape index (κ1) is 17.5. The standard InChI is InChI=1S/C16H21ClN4O2S/c1-4-9-21-13-10(5-6-11(17)19-13)18-14(21)20-15(22)24-12-7-8-16(2,3)23-12/h5-6,12H,4,7-9H2,1-3H3,(H,18,20,22). The Bertz CT molecular complexity index is 762. The molecule has 3 rings (SSSR count). The number of ether oxygens (including phenoxy) is 1. The van der Waals surface area contributed by atoms with Crippen LogP contribution in [0.5, 0.6) is 0 Å². The van der Waals surface area contributed by atoms with E-state index >= 15 is 0 Å². The molecule has 24 heavy (non-hydrogen) atoms. The number of halogens is 1. The van der Waals surface area contributed by atoms with Gasteiger partial charge in [-0.1, -0.05) is 18.5 Å². The van der Waals surface area contributed by atoms with Gasteiger partial charge >= 0.3 is 0 Å². The molecular formula is C16H21ClN4O2S. The Hall–Kier alpha value is -1.31. The van der Waals surface area contributed by atoms with Gasteiger partial charge in [-0.05, 0) is 57.0 Å². The molecule has 3 heterocycles. The average Bonchev–Trinajstić information content (AvgIpc) is 3.00. The highest BCUT2D eigenvalue weighted by Crippen LogP contribution is 2.35. The lowest BCUT2D eigenvalue weighted by Crippen LogP contribution is -2.20. The number of anilines is 1. The van der Waals surface area contributed by atoms with Crippen molar-refractivity contribution < 1.29 is 9.53 Å². The minimum Gasteiger partial charge on any atom is -0.361 e. The maximum Gasteiger partial charge on any atom is 0.288 e. The Balaban J connectivity index is 1.76. The smallest absolute Gasteiger partial charge is 0.288 e. The minimum atomic E-state index is -0.170. The number of amides is 1. The van der Waals surface area contributed by atoms with Gasteiger partial charge in [-0.3, -0.25) is 14.7 Å². The molecule has 0 bridgehead atoms. The van der Waals surface area contributed by atoms with E-state index in [0.29, 0.717) is 28.8 Å². The number of nitrogens with one attached hydrogen (secondary N) is 1. The highest BCUT2D eigenvalue weighted by molar-refractivity contribution is 8.14. The third kappa shape index (κ3) is 3.84. The van der Waals surface area contributed by atoms with Crippen LogP contribution in [0.25, 0.3) is 11.2 Å². The SMILES string of the molecule is CCCn1c(NC(=O)SC2CCC(C)(C)O2)nc2ccc(Cl)nc21. The van der Waals surface area contributed by atoms with Crippen LogP contribution >= 0.6 is 23.4 Å². The van der Waals surface area contributed by atoms with Crippen molar-refractivity contribution in [3.8, 4) is 0 Å². The second-order valence-electron chi connectivity index (χ2n) is 6.44. The monoisotopic (exact) mass is 368 g/mol. The molecule has 1 N–H and O–H groups in total. The van der Waals surface area contributed by atoms with E-state index in [-0.39, 0.29) is 16.3 Å². The number of aromatic nitrogens is 3. The molecule has 0 aliphatic carbocycles. The molecule has 1 atom stereocenters. The number of aryl methyl sites for hydroxylation is 1. The molecule has 130 valence electrons. The number of thioether (sulfide) groups is 1. The number of nitrogens with zero attached hydrogens (tertiary/aromatic N) is 3. The largest absolute Gasteiger partial charge is 0.361 e. The fraction of sp³-hybridized carbons (Fsp3) is 0.562. The van der Waals surface area contributed by atoms with Crippen molar-refractivity contribution in [3.05, 3.63) is 17.3 Å². The van der Waals surface area contributed by atoms with Crippen molar-refractivity contribution in [1.82, 2.24) is 14.5 Å². The zero-order valence-corrected chi connectivity index (χ0v) is 15.6. The van der Waals surface area contributed by atoms with Crippen LogP contribution < -0.4 is 5.32 Å². The Labute approximate surface area is 150 Å². The predicted octanol–water partition coefficient (Wildman–Crippen LogP) is 4.67. The lowest BCUT2D eigenvalue weighted by molar-refractivity contribution is 0.0222. The van der Waals surface area contributed by atoms with Gasteiger partial charge in [0.25, 0.3) is 5.24 Å². The van der Waals surface area contributed by atoms with Crippen LogP contribution in [0.1, 0.15) is 40.0 Å². The summed E-state index contributed by atoms with van der Waals surface area (Å²) in [4.78, 5) is 21.2. The van der Waals surface area contributed by atoms with E-state index in [9.17, 15) is 4.79 Å². The van der Waals surface area contributed by atoms with Crippen LogP contribution in [0.15, 0.2) is 12.1 Å². The van der Waals surface area contributed by atoms with E-state index in [0.717, 1.165) is 19.3 Å². The number of hydrogen-bond acceptors (Lipinski definition) is 5. The number of carbonyl (C=O) groups excluding carboxylic acids is 1. The van der Waals surface area contributed by atoms with Gasteiger partial charge in [0.15, 0.2) is 5.65 Å². The molecule has 2 aromatic rings. The molecule has 1 aliphatic heterocycles. The van der Waals surface area contributed by atoms with E-state index in [1.165, 1.54) is 11.8 Å². The van der Waals surface area contributed by atoms with E-state index < -0.39 is 0 Å². The van der Waals surface area contributed by atoms with Gasteiger partial charge in [0.2, 0.25) is 5.95 Å². The van der Waals surface area contributed by atoms with E-state index in [1.807, 2.05) is 24.5 Å². The summed E-state index contributed by atoms with van der Waals surface area (Å²) in [6, 6.07) is 3.50. The van der Waals surface area contributed by atoms with Crippen molar-refractivity contribution in [1.29, 1.82) is 0 Å². The highest BCUT2D eigenvalue weighted by Gasteiger charge is 2.33. The number of pyridine rings is 1. The van der Waals surface area contributed by atoms with Gasteiger partial charge in [0, 0.05) is 6.54 Å². The second-order valence-corrected chi connectivity index (χ2v) is 7.96. The van der Waals surface area contributed by atoms with Gasteiger partial charge in [-0.25, -0.2) is 9.97 Å². The molecule has 2 aromatic heterocycles. The van der Waals surface area contributed by atoms with Gasteiger partial charge in [-0.2, -0.15) is 0 Å².